The Labute approximate surface area is 171 Å². The van der Waals surface area contributed by atoms with Crippen LogP contribution >= 0.6 is 11.6 Å². The van der Waals surface area contributed by atoms with E-state index in [-0.39, 0.29) is 18.8 Å². The third kappa shape index (κ3) is 3.92. The molecule has 5 heteroatoms. The maximum absolute atomic E-state index is 10.3. The van der Waals surface area contributed by atoms with Gasteiger partial charge in [0.15, 0.2) is 0 Å². The van der Waals surface area contributed by atoms with E-state index in [0.29, 0.717) is 30.9 Å². The molecule has 2 aromatic carbocycles. The van der Waals surface area contributed by atoms with Crippen LogP contribution in [0.25, 0.3) is 0 Å². The summed E-state index contributed by atoms with van der Waals surface area (Å²) in [5, 5.41) is 20.4. The zero-order valence-corrected chi connectivity index (χ0v) is 16.9. The highest BCUT2D eigenvalue weighted by Gasteiger charge is 2.33. The minimum absolute atomic E-state index is 0.0868. The minimum atomic E-state index is -0.477. The summed E-state index contributed by atoms with van der Waals surface area (Å²) in [4.78, 5) is 0. The highest BCUT2D eigenvalue weighted by atomic mass is 35.5. The predicted molar refractivity (Wildman–Crippen MR) is 109 cm³/mol. The van der Waals surface area contributed by atoms with Crippen molar-refractivity contribution in [2.75, 3.05) is 13.2 Å². The number of benzene rings is 2. The Bertz CT molecular complexity index is 833. The summed E-state index contributed by atoms with van der Waals surface area (Å²) in [6, 6.07) is 10.7. The van der Waals surface area contributed by atoms with Crippen LogP contribution in [0.3, 0.4) is 0 Å². The molecule has 4 rings (SSSR count). The SMILES string of the molecule is CCc1ccc(Cc2cc(C3CC(O)CC(CO)O3)c3c(c2Cl)OCC3)cc1. The number of aliphatic hydroxyl groups is 2. The van der Waals surface area contributed by atoms with E-state index in [9.17, 15) is 10.2 Å². The molecule has 0 amide bonds. The van der Waals surface area contributed by atoms with Gasteiger partial charge in [-0.3, -0.25) is 0 Å². The van der Waals surface area contributed by atoms with E-state index in [1.807, 2.05) is 0 Å². The number of aliphatic hydroxyl groups excluding tert-OH is 2. The average molecular weight is 403 g/mol. The van der Waals surface area contributed by atoms with Crippen LogP contribution < -0.4 is 4.74 Å². The minimum Gasteiger partial charge on any atom is -0.491 e. The van der Waals surface area contributed by atoms with Gasteiger partial charge in [0.25, 0.3) is 0 Å². The van der Waals surface area contributed by atoms with Gasteiger partial charge in [-0.25, -0.2) is 0 Å². The molecule has 0 spiro atoms. The van der Waals surface area contributed by atoms with Crippen molar-refractivity contribution in [1.82, 2.24) is 0 Å². The molecule has 1 saturated heterocycles. The van der Waals surface area contributed by atoms with Gasteiger partial charge in [0, 0.05) is 24.8 Å². The summed E-state index contributed by atoms with van der Waals surface area (Å²) in [5.41, 5.74) is 5.62. The molecule has 2 aromatic rings. The van der Waals surface area contributed by atoms with E-state index in [0.717, 1.165) is 35.3 Å². The molecule has 1 fully saturated rings. The molecule has 0 aliphatic carbocycles. The fourth-order valence-corrected chi connectivity index (χ4v) is 4.54. The lowest BCUT2D eigenvalue weighted by Crippen LogP contribution is -2.33. The van der Waals surface area contributed by atoms with E-state index in [2.05, 4.69) is 37.3 Å². The normalized spacial score (nSPS) is 24.1. The largest absolute Gasteiger partial charge is 0.491 e. The standard InChI is InChI=1S/C23H27ClO4/c1-2-14-3-5-15(6-4-14)9-16-10-20(19-7-8-27-23(19)22(16)24)21-12-17(26)11-18(13-25)28-21/h3-6,10,17-18,21,25-26H,2,7-9,11-13H2,1H3. The molecular formula is C23H27ClO4. The molecule has 0 bridgehead atoms. The smallest absolute Gasteiger partial charge is 0.141 e. The highest BCUT2D eigenvalue weighted by molar-refractivity contribution is 6.33. The summed E-state index contributed by atoms with van der Waals surface area (Å²) in [6.07, 6.45) is 2.44. The Kier molecular flexibility index (Phi) is 5.93. The van der Waals surface area contributed by atoms with Crippen LogP contribution in [0.4, 0.5) is 0 Å². The molecular weight excluding hydrogens is 376 g/mol. The molecule has 0 radical (unpaired) electrons. The third-order valence-electron chi connectivity index (χ3n) is 5.79. The van der Waals surface area contributed by atoms with Crippen molar-refractivity contribution in [3.05, 3.63) is 63.2 Å². The molecule has 2 aliphatic heterocycles. The van der Waals surface area contributed by atoms with Gasteiger partial charge in [0.05, 0.1) is 36.5 Å². The molecule has 150 valence electrons. The Morgan fingerprint density at radius 1 is 1.14 bits per heavy atom. The highest BCUT2D eigenvalue weighted by Crippen LogP contribution is 2.44. The fourth-order valence-electron chi connectivity index (χ4n) is 4.25. The maximum atomic E-state index is 10.3. The molecule has 2 aliphatic rings. The van der Waals surface area contributed by atoms with Crippen LogP contribution in [-0.4, -0.2) is 35.6 Å². The first-order chi connectivity index (χ1) is 13.6. The number of fused-ring (bicyclic) bond motifs is 1. The predicted octanol–water partition coefficient (Wildman–Crippen LogP) is 4.00. The van der Waals surface area contributed by atoms with Gasteiger partial charge in [-0.15, -0.1) is 0 Å². The van der Waals surface area contributed by atoms with Crippen LogP contribution in [0.15, 0.2) is 30.3 Å². The van der Waals surface area contributed by atoms with Gasteiger partial charge in [0.1, 0.15) is 5.75 Å². The molecule has 2 N–H and O–H groups in total. The molecule has 3 atom stereocenters. The maximum Gasteiger partial charge on any atom is 0.141 e. The summed E-state index contributed by atoms with van der Waals surface area (Å²) in [7, 11) is 0. The van der Waals surface area contributed by atoms with Gasteiger partial charge >= 0.3 is 0 Å². The van der Waals surface area contributed by atoms with Gasteiger partial charge in [-0.2, -0.15) is 0 Å². The monoisotopic (exact) mass is 402 g/mol. The van der Waals surface area contributed by atoms with Gasteiger partial charge in [-0.05, 0) is 35.1 Å². The lowest BCUT2D eigenvalue weighted by Gasteiger charge is -2.33. The number of halogens is 1. The first-order valence-electron chi connectivity index (χ1n) is 10.1. The number of hydrogen-bond acceptors (Lipinski definition) is 4. The van der Waals surface area contributed by atoms with E-state index >= 15 is 0 Å². The van der Waals surface area contributed by atoms with E-state index in [4.69, 9.17) is 21.1 Å². The summed E-state index contributed by atoms with van der Waals surface area (Å²) >= 11 is 6.70. The van der Waals surface area contributed by atoms with E-state index in [1.165, 1.54) is 11.1 Å². The second-order valence-corrected chi connectivity index (χ2v) is 8.12. The number of hydrogen-bond donors (Lipinski definition) is 2. The lowest BCUT2D eigenvalue weighted by atomic mass is 9.89. The molecule has 3 unspecified atom stereocenters. The Morgan fingerprint density at radius 2 is 1.89 bits per heavy atom. The average Bonchev–Trinajstić information content (AvgIpc) is 3.20. The van der Waals surface area contributed by atoms with Gasteiger partial charge in [0.2, 0.25) is 0 Å². The van der Waals surface area contributed by atoms with Crippen molar-refractivity contribution in [1.29, 1.82) is 0 Å². The lowest BCUT2D eigenvalue weighted by molar-refractivity contribution is -0.114. The van der Waals surface area contributed by atoms with Crippen molar-refractivity contribution in [2.24, 2.45) is 0 Å². The number of ether oxygens (including phenoxy) is 2. The molecule has 0 aromatic heterocycles. The van der Waals surface area contributed by atoms with Gasteiger partial charge < -0.3 is 19.7 Å². The molecule has 2 heterocycles. The van der Waals surface area contributed by atoms with Crippen molar-refractivity contribution >= 4 is 11.6 Å². The summed E-state index contributed by atoms with van der Waals surface area (Å²) in [5.74, 6) is 0.753. The summed E-state index contributed by atoms with van der Waals surface area (Å²) < 4.78 is 11.9. The molecule has 0 saturated carbocycles. The van der Waals surface area contributed by atoms with E-state index in [1.54, 1.807) is 0 Å². The summed E-state index contributed by atoms with van der Waals surface area (Å²) in [6.45, 7) is 2.67. The van der Waals surface area contributed by atoms with Crippen LogP contribution in [0, 0.1) is 0 Å². The van der Waals surface area contributed by atoms with Crippen LogP contribution in [0.2, 0.25) is 5.02 Å². The third-order valence-corrected chi connectivity index (χ3v) is 6.20. The Morgan fingerprint density at radius 3 is 2.61 bits per heavy atom. The van der Waals surface area contributed by atoms with Crippen LogP contribution in [-0.2, 0) is 24.0 Å². The van der Waals surface area contributed by atoms with Crippen molar-refractivity contribution in [2.45, 2.75) is 57.3 Å². The fraction of sp³-hybridized carbons (Fsp3) is 0.478. The van der Waals surface area contributed by atoms with E-state index < -0.39 is 6.10 Å². The number of aryl methyl sites for hydroxylation is 1. The van der Waals surface area contributed by atoms with Crippen molar-refractivity contribution < 1.29 is 19.7 Å². The van der Waals surface area contributed by atoms with Crippen molar-refractivity contribution in [3.63, 3.8) is 0 Å². The van der Waals surface area contributed by atoms with Crippen molar-refractivity contribution in [3.8, 4) is 5.75 Å². The first-order valence-corrected chi connectivity index (χ1v) is 10.5. The zero-order valence-electron chi connectivity index (χ0n) is 16.2. The van der Waals surface area contributed by atoms with Gasteiger partial charge in [-0.1, -0.05) is 48.9 Å². The zero-order chi connectivity index (χ0) is 19.7. The Hall–Kier alpha value is -1.59. The number of rotatable bonds is 5. The molecule has 4 nitrogen and oxygen atoms in total. The second kappa shape index (κ2) is 8.42. The quantitative estimate of drug-likeness (QED) is 0.793. The molecule has 28 heavy (non-hydrogen) atoms. The Balaban J connectivity index is 1.69. The first kappa shape index (κ1) is 19.7. The topological polar surface area (TPSA) is 58.9 Å². The van der Waals surface area contributed by atoms with Crippen LogP contribution in [0.1, 0.15) is 53.7 Å². The second-order valence-electron chi connectivity index (χ2n) is 7.75. The van der Waals surface area contributed by atoms with Crippen LogP contribution in [0.5, 0.6) is 5.75 Å².